The highest BCUT2D eigenvalue weighted by molar-refractivity contribution is 9.10. The average Bonchev–Trinajstić information content (AvgIpc) is 2.70. The molecule has 26 heavy (non-hydrogen) atoms. The van der Waals surface area contributed by atoms with Crippen LogP contribution in [0.25, 0.3) is 22.3 Å². The summed E-state index contributed by atoms with van der Waals surface area (Å²) in [7, 11) is 1.65. The van der Waals surface area contributed by atoms with Gasteiger partial charge in [0.1, 0.15) is 11.6 Å². The molecule has 4 aromatic rings. The second-order valence-corrected chi connectivity index (χ2v) is 6.48. The topological polar surface area (TPSA) is 59.9 Å². The fraction of sp³-hybridized carbons (Fsp3) is 0.0500. The lowest BCUT2D eigenvalue weighted by Gasteiger charge is -2.13. The Hall–Kier alpha value is -2.99. The second-order valence-electron chi connectivity index (χ2n) is 5.63. The first-order valence-corrected chi connectivity index (χ1v) is 8.81. The number of ether oxygens (including phenoxy) is 1. The van der Waals surface area contributed by atoms with E-state index in [1.807, 2.05) is 54.6 Å². The molecule has 2 heterocycles. The summed E-state index contributed by atoms with van der Waals surface area (Å²) >= 11 is 3.57. The van der Waals surface area contributed by atoms with Crippen LogP contribution in [0.1, 0.15) is 0 Å². The molecule has 0 aliphatic heterocycles. The summed E-state index contributed by atoms with van der Waals surface area (Å²) in [5.74, 6) is 2.08. The summed E-state index contributed by atoms with van der Waals surface area (Å²) in [6.07, 6.45) is 3.49. The lowest BCUT2D eigenvalue weighted by atomic mass is 10.2. The first-order valence-electron chi connectivity index (χ1n) is 8.02. The molecule has 128 valence electrons. The molecule has 0 aliphatic rings. The van der Waals surface area contributed by atoms with E-state index < -0.39 is 0 Å². The first kappa shape index (κ1) is 16.5. The van der Waals surface area contributed by atoms with Crippen LogP contribution in [0.5, 0.6) is 5.75 Å². The lowest BCUT2D eigenvalue weighted by Crippen LogP contribution is -2.00. The molecule has 0 atom stereocenters. The molecule has 0 fully saturated rings. The number of fused-ring (bicyclic) bond motifs is 1. The van der Waals surface area contributed by atoms with Crippen molar-refractivity contribution in [1.82, 2.24) is 15.0 Å². The molecule has 6 heteroatoms. The number of pyridine rings is 1. The maximum absolute atomic E-state index is 5.36. The van der Waals surface area contributed by atoms with E-state index in [-0.39, 0.29) is 0 Å². The second kappa shape index (κ2) is 7.09. The quantitative estimate of drug-likeness (QED) is 0.504. The van der Waals surface area contributed by atoms with E-state index in [0.717, 1.165) is 32.4 Å². The summed E-state index contributed by atoms with van der Waals surface area (Å²) < 4.78 is 6.32. The van der Waals surface area contributed by atoms with Crippen LogP contribution < -0.4 is 10.1 Å². The maximum Gasteiger partial charge on any atom is 0.163 e. The molecule has 2 aromatic carbocycles. The Morgan fingerprint density at radius 3 is 2.65 bits per heavy atom. The Bertz CT molecular complexity index is 1070. The number of aromatic nitrogens is 3. The van der Waals surface area contributed by atoms with Crippen LogP contribution in [0.15, 0.2) is 71.5 Å². The van der Waals surface area contributed by atoms with Gasteiger partial charge in [0.05, 0.1) is 18.3 Å². The van der Waals surface area contributed by atoms with Gasteiger partial charge in [-0.15, -0.1) is 0 Å². The number of hydrogen-bond donors (Lipinski definition) is 1. The minimum Gasteiger partial charge on any atom is -0.497 e. The zero-order chi connectivity index (χ0) is 17.9. The number of anilines is 2. The number of nitrogens with zero attached hydrogens (tertiary/aromatic N) is 3. The third-order valence-electron chi connectivity index (χ3n) is 3.95. The van der Waals surface area contributed by atoms with E-state index in [9.17, 15) is 0 Å². The number of rotatable bonds is 4. The summed E-state index contributed by atoms with van der Waals surface area (Å²) in [5, 5.41) is 4.28. The molecule has 0 radical (unpaired) electrons. The Labute approximate surface area is 159 Å². The fourth-order valence-electron chi connectivity index (χ4n) is 2.64. The van der Waals surface area contributed by atoms with Gasteiger partial charge in [-0.05, 0) is 58.4 Å². The molecule has 0 amide bonds. The molecule has 0 saturated carbocycles. The normalized spacial score (nSPS) is 10.7. The van der Waals surface area contributed by atoms with E-state index in [4.69, 9.17) is 9.72 Å². The van der Waals surface area contributed by atoms with Crippen molar-refractivity contribution in [2.24, 2.45) is 0 Å². The Morgan fingerprint density at radius 2 is 1.88 bits per heavy atom. The van der Waals surface area contributed by atoms with E-state index >= 15 is 0 Å². The maximum atomic E-state index is 5.36. The number of nitrogens with one attached hydrogen (secondary N) is 1. The van der Waals surface area contributed by atoms with Gasteiger partial charge in [-0.2, -0.15) is 0 Å². The number of methoxy groups -OCH3 is 1. The van der Waals surface area contributed by atoms with Gasteiger partial charge >= 0.3 is 0 Å². The first-order chi connectivity index (χ1) is 12.7. The van der Waals surface area contributed by atoms with Crippen LogP contribution in [0.2, 0.25) is 0 Å². The van der Waals surface area contributed by atoms with Crippen LogP contribution in [0, 0.1) is 0 Å². The van der Waals surface area contributed by atoms with Crippen LogP contribution in [-0.4, -0.2) is 22.1 Å². The average molecular weight is 407 g/mol. The van der Waals surface area contributed by atoms with Gasteiger partial charge in [-0.1, -0.05) is 12.1 Å². The molecule has 1 N–H and O–H groups in total. The van der Waals surface area contributed by atoms with Crippen molar-refractivity contribution >= 4 is 38.3 Å². The molecule has 0 saturated heterocycles. The zero-order valence-corrected chi connectivity index (χ0v) is 15.6. The summed E-state index contributed by atoms with van der Waals surface area (Å²) in [4.78, 5) is 13.6. The molecular weight excluding hydrogens is 392 g/mol. The fourth-order valence-corrected chi connectivity index (χ4v) is 3.03. The predicted octanol–water partition coefficient (Wildman–Crippen LogP) is 5.21. The van der Waals surface area contributed by atoms with Crippen LogP contribution in [-0.2, 0) is 0 Å². The van der Waals surface area contributed by atoms with E-state index in [1.54, 1.807) is 19.5 Å². The highest BCUT2D eigenvalue weighted by Gasteiger charge is 2.12. The monoisotopic (exact) mass is 406 g/mol. The molecule has 0 unspecified atom stereocenters. The third-order valence-corrected chi connectivity index (χ3v) is 4.64. The highest BCUT2D eigenvalue weighted by atomic mass is 79.9. The van der Waals surface area contributed by atoms with Crippen molar-refractivity contribution in [1.29, 1.82) is 0 Å². The van der Waals surface area contributed by atoms with E-state index in [1.165, 1.54) is 0 Å². The van der Waals surface area contributed by atoms with Gasteiger partial charge in [0.15, 0.2) is 5.82 Å². The summed E-state index contributed by atoms with van der Waals surface area (Å²) in [5.41, 5.74) is 2.61. The van der Waals surface area contributed by atoms with Crippen LogP contribution >= 0.6 is 15.9 Å². The van der Waals surface area contributed by atoms with Gasteiger partial charge in [-0.25, -0.2) is 9.97 Å². The third kappa shape index (κ3) is 3.23. The minimum atomic E-state index is 0.616. The standard InChI is InChI=1S/C20H15BrN4O/c1-26-14-8-9-17-15(11-14)20(24-18-7-3-2-6-16(18)21)25-19(23-17)13-5-4-10-22-12-13/h2-12H,1H3,(H,23,24,25). The van der Waals surface area contributed by atoms with E-state index in [0.29, 0.717) is 11.6 Å². The van der Waals surface area contributed by atoms with Crippen molar-refractivity contribution < 1.29 is 4.74 Å². The van der Waals surface area contributed by atoms with Crippen molar-refractivity contribution in [2.75, 3.05) is 12.4 Å². The largest absolute Gasteiger partial charge is 0.497 e. The molecular formula is C20H15BrN4O. The van der Waals surface area contributed by atoms with Crippen molar-refractivity contribution in [3.8, 4) is 17.1 Å². The number of para-hydroxylation sites is 1. The highest BCUT2D eigenvalue weighted by Crippen LogP contribution is 2.32. The zero-order valence-electron chi connectivity index (χ0n) is 14.0. The van der Waals surface area contributed by atoms with Crippen molar-refractivity contribution in [3.05, 3.63) is 71.5 Å². The Morgan fingerprint density at radius 1 is 1.00 bits per heavy atom. The predicted molar refractivity (Wildman–Crippen MR) is 107 cm³/mol. The minimum absolute atomic E-state index is 0.616. The number of hydrogen-bond acceptors (Lipinski definition) is 5. The molecule has 0 spiro atoms. The lowest BCUT2D eigenvalue weighted by molar-refractivity contribution is 0.415. The Balaban J connectivity index is 1.91. The number of benzene rings is 2. The SMILES string of the molecule is COc1ccc2nc(-c3cccnc3)nc(Nc3ccccc3Br)c2c1. The van der Waals surface area contributed by atoms with Crippen LogP contribution in [0.3, 0.4) is 0 Å². The van der Waals surface area contributed by atoms with E-state index in [2.05, 4.69) is 31.2 Å². The van der Waals surface area contributed by atoms with Crippen molar-refractivity contribution in [3.63, 3.8) is 0 Å². The molecule has 0 aliphatic carbocycles. The summed E-state index contributed by atoms with van der Waals surface area (Å²) in [6, 6.07) is 17.5. The van der Waals surface area contributed by atoms with Gasteiger partial charge in [0, 0.05) is 27.8 Å². The molecule has 0 bridgehead atoms. The van der Waals surface area contributed by atoms with Gasteiger partial charge in [0.2, 0.25) is 0 Å². The molecule has 5 nitrogen and oxygen atoms in total. The van der Waals surface area contributed by atoms with Crippen LogP contribution in [0.4, 0.5) is 11.5 Å². The smallest absolute Gasteiger partial charge is 0.163 e. The van der Waals surface area contributed by atoms with Gasteiger partial charge in [-0.3, -0.25) is 4.98 Å². The molecule has 2 aromatic heterocycles. The van der Waals surface area contributed by atoms with Gasteiger partial charge in [0.25, 0.3) is 0 Å². The van der Waals surface area contributed by atoms with Crippen molar-refractivity contribution in [2.45, 2.75) is 0 Å². The molecule has 4 rings (SSSR count). The van der Waals surface area contributed by atoms with Gasteiger partial charge < -0.3 is 10.1 Å². The Kier molecular flexibility index (Phi) is 4.50. The number of halogens is 1. The summed E-state index contributed by atoms with van der Waals surface area (Å²) in [6.45, 7) is 0.